The van der Waals surface area contributed by atoms with Gasteiger partial charge in [-0.3, -0.25) is 4.79 Å². The predicted octanol–water partition coefficient (Wildman–Crippen LogP) is 5.41. The average molecular weight is 448 g/mol. The van der Waals surface area contributed by atoms with E-state index in [1.807, 2.05) is 67.6 Å². The summed E-state index contributed by atoms with van der Waals surface area (Å²) < 4.78 is 11.9. The highest BCUT2D eigenvalue weighted by Gasteiger charge is 2.23. The van der Waals surface area contributed by atoms with E-state index in [1.54, 1.807) is 11.9 Å². The second kappa shape index (κ2) is 11.7. The third-order valence-electron chi connectivity index (χ3n) is 5.21. The van der Waals surface area contributed by atoms with Gasteiger partial charge < -0.3 is 19.5 Å². The molecule has 3 aromatic rings. The molecular formula is C27H29NO5. The van der Waals surface area contributed by atoms with E-state index >= 15 is 0 Å². The van der Waals surface area contributed by atoms with Crippen molar-refractivity contribution in [2.24, 2.45) is 0 Å². The minimum absolute atomic E-state index is 0.0785. The summed E-state index contributed by atoms with van der Waals surface area (Å²) in [6.45, 7) is 3.06. The fraction of sp³-hybridized carbons (Fsp3) is 0.259. The molecule has 1 amide bonds. The zero-order valence-corrected chi connectivity index (χ0v) is 19.0. The molecular weight excluding hydrogens is 418 g/mol. The van der Waals surface area contributed by atoms with Gasteiger partial charge in [0.25, 0.3) is 5.91 Å². The Kier molecular flexibility index (Phi) is 8.47. The zero-order chi connectivity index (χ0) is 23.6. The third-order valence-corrected chi connectivity index (χ3v) is 5.21. The molecule has 0 aliphatic rings. The first-order valence-corrected chi connectivity index (χ1v) is 11.0. The summed E-state index contributed by atoms with van der Waals surface area (Å²) in [4.78, 5) is 26.7. The number of aromatic carboxylic acids is 1. The van der Waals surface area contributed by atoms with E-state index in [4.69, 9.17) is 9.47 Å². The number of hydrogen-bond donors (Lipinski definition) is 1. The highest BCUT2D eigenvalue weighted by atomic mass is 16.5. The number of benzene rings is 3. The summed E-state index contributed by atoms with van der Waals surface area (Å²) in [6, 6.07) is 21.9. The molecule has 3 rings (SSSR count). The van der Waals surface area contributed by atoms with Crippen molar-refractivity contribution >= 4 is 11.9 Å². The Bertz CT molecular complexity index is 1070. The van der Waals surface area contributed by atoms with Gasteiger partial charge in [-0.25, -0.2) is 4.79 Å². The third kappa shape index (κ3) is 6.59. The minimum atomic E-state index is -1.17. The molecule has 6 nitrogen and oxygen atoms in total. The topological polar surface area (TPSA) is 76.1 Å². The van der Waals surface area contributed by atoms with Crippen LogP contribution in [0.25, 0.3) is 0 Å². The maximum atomic E-state index is 13.2. The highest BCUT2D eigenvalue weighted by molar-refractivity contribution is 6.01. The zero-order valence-electron chi connectivity index (χ0n) is 19.0. The van der Waals surface area contributed by atoms with Crippen molar-refractivity contribution in [2.75, 3.05) is 13.6 Å². The van der Waals surface area contributed by atoms with E-state index in [0.717, 1.165) is 24.0 Å². The van der Waals surface area contributed by atoms with Crippen LogP contribution >= 0.6 is 0 Å². The molecule has 0 atom stereocenters. The first-order valence-electron chi connectivity index (χ1n) is 11.0. The largest absolute Gasteiger partial charge is 0.488 e. The second-order valence-electron chi connectivity index (χ2n) is 7.78. The molecule has 0 radical (unpaired) electrons. The first kappa shape index (κ1) is 23.9. The van der Waals surface area contributed by atoms with Crippen molar-refractivity contribution in [1.82, 2.24) is 4.90 Å². The molecule has 0 spiro atoms. The normalized spacial score (nSPS) is 10.5. The van der Waals surface area contributed by atoms with Crippen LogP contribution < -0.4 is 9.47 Å². The Morgan fingerprint density at radius 1 is 0.818 bits per heavy atom. The van der Waals surface area contributed by atoms with Crippen LogP contribution in [0, 0.1) is 0 Å². The molecule has 0 aliphatic carbocycles. The Balaban J connectivity index is 1.95. The van der Waals surface area contributed by atoms with E-state index in [-0.39, 0.29) is 36.0 Å². The van der Waals surface area contributed by atoms with Crippen LogP contribution in [0.2, 0.25) is 0 Å². The summed E-state index contributed by atoms with van der Waals surface area (Å²) in [5.41, 5.74) is 1.96. The van der Waals surface area contributed by atoms with Gasteiger partial charge in [-0.15, -0.1) is 0 Å². The van der Waals surface area contributed by atoms with E-state index in [9.17, 15) is 14.7 Å². The monoisotopic (exact) mass is 447 g/mol. The van der Waals surface area contributed by atoms with Gasteiger partial charge in [0.2, 0.25) is 0 Å². The quantitative estimate of drug-likeness (QED) is 0.425. The standard InChI is InChI=1S/C27H29NO5/c1-3-4-15-28(2)26(29)22-16-23(27(30)31)25(33-19-21-13-9-6-10-14-21)17-24(22)32-18-20-11-7-5-8-12-20/h5-14,16-17H,3-4,15,18-19H2,1-2H3,(H,30,31). The second-order valence-corrected chi connectivity index (χ2v) is 7.78. The number of unbranched alkanes of at least 4 members (excludes halogenated alkanes) is 1. The van der Waals surface area contributed by atoms with E-state index in [2.05, 4.69) is 0 Å². The first-order chi connectivity index (χ1) is 16.0. The average Bonchev–Trinajstić information content (AvgIpc) is 2.85. The van der Waals surface area contributed by atoms with Crippen LogP contribution in [0.3, 0.4) is 0 Å². The van der Waals surface area contributed by atoms with E-state index < -0.39 is 5.97 Å². The van der Waals surface area contributed by atoms with E-state index in [1.165, 1.54) is 12.1 Å². The summed E-state index contributed by atoms with van der Waals surface area (Å²) in [6.07, 6.45) is 1.80. The maximum absolute atomic E-state index is 13.2. The number of carbonyl (C=O) groups is 2. The van der Waals surface area contributed by atoms with Gasteiger partial charge in [-0.05, 0) is 23.6 Å². The van der Waals surface area contributed by atoms with Crippen LogP contribution in [0.4, 0.5) is 0 Å². The fourth-order valence-corrected chi connectivity index (χ4v) is 3.31. The molecule has 0 fully saturated rings. The number of hydrogen-bond acceptors (Lipinski definition) is 4. The van der Waals surface area contributed by atoms with Gasteiger partial charge >= 0.3 is 5.97 Å². The lowest BCUT2D eigenvalue weighted by Gasteiger charge is -2.21. The lowest BCUT2D eigenvalue weighted by atomic mass is 10.1. The number of amides is 1. The lowest BCUT2D eigenvalue weighted by molar-refractivity contribution is 0.0691. The van der Waals surface area contributed by atoms with Crippen LogP contribution in [0.5, 0.6) is 11.5 Å². The molecule has 0 aromatic heterocycles. The van der Waals surface area contributed by atoms with Gasteiger partial charge in [0, 0.05) is 19.7 Å². The van der Waals surface area contributed by atoms with Gasteiger partial charge in [0.05, 0.1) is 5.56 Å². The van der Waals surface area contributed by atoms with Gasteiger partial charge in [0.15, 0.2) is 0 Å². The SMILES string of the molecule is CCCCN(C)C(=O)c1cc(C(=O)O)c(OCc2ccccc2)cc1OCc1ccccc1. The van der Waals surface area contributed by atoms with Crippen LogP contribution in [0.15, 0.2) is 72.8 Å². The molecule has 0 bridgehead atoms. The Morgan fingerprint density at radius 2 is 1.33 bits per heavy atom. The number of carbonyl (C=O) groups excluding carboxylic acids is 1. The Hall–Kier alpha value is -3.80. The van der Waals surface area contributed by atoms with E-state index in [0.29, 0.717) is 12.3 Å². The van der Waals surface area contributed by atoms with Crippen molar-refractivity contribution in [3.05, 3.63) is 95.1 Å². The maximum Gasteiger partial charge on any atom is 0.339 e. The van der Waals surface area contributed by atoms with Crippen molar-refractivity contribution in [3.8, 4) is 11.5 Å². The molecule has 0 saturated carbocycles. The highest BCUT2D eigenvalue weighted by Crippen LogP contribution is 2.32. The minimum Gasteiger partial charge on any atom is -0.488 e. The molecule has 6 heteroatoms. The van der Waals surface area contributed by atoms with Gasteiger partial charge in [0.1, 0.15) is 30.3 Å². The molecule has 0 aliphatic heterocycles. The number of carboxylic acids is 1. The van der Waals surface area contributed by atoms with Gasteiger partial charge in [-0.1, -0.05) is 74.0 Å². The van der Waals surface area contributed by atoms with Crippen molar-refractivity contribution in [2.45, 2.75) is 33.0 Å². The van der Waals surface area contributed by atoms with Crippen LogP contribution in [-0.2, 0) is 13.2 Å². The fourth-order valence-electron chi connectivity index (χ4n) is 3.31. The van der Waals surface area contributed by atoms with Crippen molar-refractivity contribution in [3.63, 3.8) is 0 Å². The van der Waals surface area contributed by atoms with Crippen LogP contribution in [-0.4, -0.2) is 35.5 Å². The predicted molar refractivity (Wildman–Crippen MR) is 127 cm³/mol. The summed E-state index contributed by atoms with van der Waals surface area (Å²) in [5, 5.41) is 9.80. The number of nitrogens with zero attached hydrogens (tertiary/aromatic N) is 1. The molecule has 0 saturated heterocycles. The Morgan fingerprint density at radius 3 is 1.82 bits per heavy atom. The molecule has 0 heterocycles. The van der Waals surface area contributed by atoms with Gasteiger partial charge in [-0.2, -0.15) is 0 Å². The molecule has 3 aromatic carbocycles. The van der Waals surface area contributed by atoms with Crippen molar-refractivity contribution < 1.29 is 24.2 Å². The summed E-state index contributed by atoms with van der Waals surface area (Å²) in [5.74, 6) is -1.01. The van der Waals surface area contributed by atoms with Crippen LogP contribution in [0.1, 0.15) is 51.6 Å². The smallest absolute Gasteiger partial charge is 0.339 e. The lowest BCUT2D eigenvalue weighted by Crippen LogP contribution is -2.28. The molecule has 33 heavy (non-hydrogen) atoms. The summed E-state index contributed by atoms with van der Waals surface area (Å²) in [7, 11) is 1.71. The summed E-state index contributed by atoms with van der Waals surface area (Å²) >= 11 is 0. The molecule has 0 unspecified atom stereocenters. The number of ether oxygens (including phenoxy) is 2. The number of rotatable bonds is 11. The molecule has 172 valence electrons. The number of carboxylic acid groups (broad SMARTS) is 1. The molecule has 1 N–H and O–H groups in total. The van der Waals surface area contributed by atoms with Crippen molar-refractivity contribution in [1.29, 1.82) is 0 Å². The Labute approximate surface area is 194 Å².